The van der Waals surface area contributed by atoms with Crippen molar-refractivity contribution in [1.82, 2.24) is 0 Å². The molecule has 0 spiro atoms. The number of aryl methyl sites for hydroxylation is 1. The van der Waals surface area contributed by atoms with Gasteiger partial charge in [-0.1, -0.05) is 79.7 Å². The molecule has 0 saturated heterocycles. The van der Waals surface area contributed by atoms with Crippen molar-refractivity contribution in [2.24, 2.45) is 0 Å². The molecule has 0 aliphatic heterocycles. The van der Waals surface area contributed by atoms with Crippen molar-refractivity contribution in [2.75, 3.05) is 0 Å². The fourth-order valence-corrected chi connectivity index (χ4v) is 3.56. The molecule has 1 aliphatic rings. The Hall–Kier alpha value is -2.34. The maximum absolute atomic E-state index is 2.34. The number of rotatable bonds is 2. The fourth-order valence-electron chi connectivity index (χ4n) is 3.56. The van der Waals surface area contributed by atoms with Crippen molar-refractivity contribution in [2.45, 2.75) is 19.3 Å². The smallest absolute Gasteiger partial charge is 0.0281 e. The van der Waals surface area contributed by atoms with E-state index in [4.69, 9.17) is 0 Å². The second-order valence-corrected chi connectivity index (χ2v) is 5.67. The van der Waals surface area contributed by atoms with Crippen molar-refractivity contribution in [1.29, 1.82) is 0 Å². The maximum atomic E-state index is 2.34. The highest BCUT2D eigenvalue weighted by atomic mass is 14.2. The molecule has 1 aliphatic carbocycles. The van der Waals surface area contributed by atoms with Crippen molar-refractivity contribution in [3.63, 3.8) is 0 Å². The minimum absolute atomic E-state index is 0.403. The highest BCUT2D eigenvalue weighted by Crippen LogP contribution is 2.38. The summed E-state index contributed by atoms with van der Waals surface area (Å²) in [5.74, 6) is 0.403. The minimum atomic E-state index is 0.403. The third-order valence-electron chi connectivity index (χ3n) is 4.56. The summed E-state index contributed by atoms with van der Waals surface area (Å²) in [5.41, 5.74) is 5.73. The van der Waals surface area contributed by atoms with E-state index in [1.165, 1.54) is 33.0 Å². The van der Waals surface area contributed by atoms with Crippen LogP contribution in [0.4, 0.5) is 0 Å². The van der Waals surface area contributed by atoms with Crippen LogP contribution in [0.1, 0.15) is 35.1 Å². The Morgan fingerprint density at radius 3 is 2.52 bits per heavy atom. The molecule has 0 fully saturated rings. The molecule has 0 heterocycles. The molecule has 0 N–H and O–H groups in total. The molecule has 3 aromatic rings. The normalized spacial score (nSPS) is 16.3. The van der Waals surface area contributed by atoms with Gasteiger partial charge in [-0.15, -0.1) is 0 Å². The second kappa shape index (κ2) is 4.89. The van der Waals surface area contributed by atoms with Crippen molar-refractivity contribution in [3.05, 3.63) is 89.0 Å². The highest BCUT2D eigenvalue weighted by molar-refractivity contribution is 5.87. The number of hydrogen-bond acceptors (Lipinski definition) is 0. The van der Waals surface area contributed by atoms with Crippen LogP contribution < -0.4 is 0 Å². The molecular formula is C21H18. The largest absolute Gasteiger partial charge is 0.0720 e. The van der Waals surface area contributed by atoms with E-state index in [0.717, 1.165) is 6.42 Å². The number of fused-ring (bicyclic) bond motifs is 2. The first-order valence-electron chi connectivity index (χ1n) is 7.66. The van der Waals surface area contributed by atoms with E-state index in [0.29, 0.717) is 5.92 Å². The lowest BCUT2D eigenvalue weighted by Crippen LogP contribution is -2.01. The first-order chi connectivity index (χ1) is 10.4. The number of benzene rings is 3. The summed E-state index contributed by atoms with van der Waals surface area (Å²) in [6, 6.07) is 22.0. The van der Waals surface area contributed by atoms with Crippen molar-refractivity contribution in [3.8, 4) is 0 Å². The Bertz CT molecular complexity index is 840. The average Bonchev–Trinajstić information content (AvgIpc) is 2.97. The van der Waals surface area contributed by atoms with Gasteiger partial charge in [0.2, 0.25) is 0 Å². The molecule has 3 aromatic carbocycles. The summed E-state index contributed by atoms with van der Waals surface area (Å²) in [5, 5.41) is 2.74. The topological polar surface area (TPSA) is 0 Å². The van der Waals surface area contributed by atoms with E-state index < -0.39 is 0 Å². The monoisotopic (exact) mass is 270 g/mol. The summed E-state index contributed by atoms with van der Waals surface area (Å²) in [6.07, 6.45) is 5.67. The summed E-state index contributed by atoms with van der Waals surface area (Å²) >= 11 is 0. The Labute approximate surface area is 125 Å². The van der Waals surface area contributed by atoms with Gasteiger partial charge in [-0.2, -0.15) is 0 Å². The molecule has 21 heavy (non-hydrogen) atoms. The van der Waals surface area contributed by atoms with Gasteiger partial charge in [-0.3, -0.25) is 0 Å². The summed E-state index contributed by atoms with van der Waals surface area (Å²) in [4.78, 5) is 0. The van der Waals surface area contributed by atoms with Crippen molar-refractivity contribution >= 4 is 16.8 Å². The molecule has 0 aromatic heterocycles. The molecule has 102 valence electrons. The van der Waals surface area contributed by atoms with Gasteiger partial charge in [0.25, 0.3) is 0 Å². The quantitative estimate of drug-likeness (QED) is 0.572. The Kier molecular flexibility index (Phi) is 2.89. The number of allylic oxidation sites excluding steroid dienone is 1. The molecular weight excluding hydrogens is 252 g/mol. The summed E-state index contributed by atoms with van der Waals surface area (Å²) in [6.45, 7) is 2.26. The highest BCUT2D eigenvalue weighted by Gasteiger charge is 2.21. The molecule has 1 unspecified atom stereocenters. The van der Waals surface area contributed by atoms with Gasteiger partial charge in [0, 0.05) is 5.92 Å². The van der Waals surface area contributed by atoms with Crippen LogP contribution in [-0.4, -0.2) is 0 Å². The van der Waals surface area contributed by atoms with Gasteiger partial charge in [-0.05, 0) is 39.4 Å². The first-order valence-corrected chi connectivity index (χ1v) is 7.66. The molecule has 1 atom stereocenters. The number of hydrogen-bond donors (Lipinski definition) is 0. The van der Waals surface area contributed by atoms with Gasteiger partial charge in [-0.25, -0.2) is 0 Å². The lowest BCUT2D eigenvalue weighted by atomic mass is 9.86. The SMILES string of the molecule is CCc1c(C2C=Cc3ccccc32)ccc2ccccc12. The van der Waals surface area contributed by atoms with Crippen LogP contribution >= 0.6 is 0 Å². The van der Waals surface area contributed by atoms with Gasteiger partial charge < -0.3 is 0 Å². The molecule has 0 amide bonds. The standard InChI is InChI=1S/C21H18/c1-2-17-18-9-5-3-7-15(18)11-13-20(17)21-14-12-16-8-4-6-10-19(16)21/h3-14,21H,2H2,1H3. The van der Waals surface area contributed by atoms with Crippen molar-refractivity contribution < 1.29 is 0 Å². The van der Waals surface area contributed by atoms with Gasteiger partial charge >= 0.3 is 0 Å². The van der Waals surface area contributed by atoms with E-state index in [-0.39, 0.29) is 0 Å². The zero-order chi connectivity index (χ0) is 14.2. The van der Waals surface area contributed by atoms with Gasteiger partial charge in [0.15, 0.2) is 0 Å². The van der Waals surface area contributed by atoms with Gasteiger partial charge in [0.05, 0.1) is 0 Å². The Morgan fingerprint density at radius 2 is 1.62 bits per heavy atom. The second-order valence-electron chi connectivity index (χ2n) is 5.67. The summed E-state index contributed by atoms with van der Waals surface area (Å²) < 4.78 is 0. The van der Waals surface area contributed by atoms with E-state index in [1.54, 1.807) is 0 Å². The summed E-state index contributed by atoms with van der Waals surface area (Å²) in [7, 11) is 0. The predicted molar refractivity (Wildman–Crippen MR) is 90.6 cm³/mol. The van der Waals surface area contributed by atoms with E-state index >= 15 is 0 Å². The van der Waals surface area contributed by atoms with Crippen LogP contribution in [0, 0.1) is 0 Å². The van der Waals surface area contributed by atoms with E-state index in [1.807, 2.05) is 0 Å². The van der Waals surface area contributed by atoms with Crippen LogP contribution in [-0.2, 0) is 6.42 Å². The predicted octanol–water partition coefficient (Wildman–Crippen LogP) is 5.56. The maximum Gasteiger partial charge on any atom is 0.0281 e. The van der Waals surface area contributed by atoms with Gasteiger partial charge in [0.1, 0.15) is 0 Å². The molecule has 4 rings (SSSR count). The van der Waals surface area contributed by atoms with Crippen LogP contribution in [0.25, 0.3) is 16.8 Å². The Balaban J connectivity index is 1.94. The fraction of sp³-hybridized carbons (Fsp3) is 0.143. The van der Waals surface area contributed by atoms with E-state index in [9.17, 15) is 0 Å². The molecule has 0 bridgehead atoms. The third kappa shape index (κ3) is 1.91. The molecule has 0 nitrogen and oxygen atoms in total. The molecule has 0 radical (unpaired) electrons. The Morgan fingerprint density at radius 1 is 0.810 bits per heavy atom. The lowest BCUT2D eigenvalue weighted by Gasteiger charge is -2.18. The van der Waals surface area contributed by atoms with Crippen LogP contribution in [0.3, 0.4) is 0 Å². The molecule has 0 saturated carbocycles. The minimum Gasteiger partial charge on any atom is -0.0720 e. The van der Waals surface area contributed by atoms with Crippen LogP contribution in [0.2, 0.25) is 0 Å². The van der Waals surface area contributed by atoms with Crippen LogP contribution in [0.15, 0.2) is 66.7 Å². The lowest BCUT2D eigenvalue weighted by molar-refractivity contribution is 0.998. The zero-order valence-corrected chi connectivity index (χ0v) is 12.2. The zero-order valence-electron chi connectivity index (χ0n) is 12.2. The molecule has 0 heteroatoms. The van der Waals surface area contributed by atoms with E-state index in [2.05, 4.69) is 79.7 Å². The third-order valence-corrected chi connectivity index (χ3v) is 4.56. The van der Waals surface area contributed by atoms with Crippen LogP contribution in [0.5, 0.6) is 0 Å². The first kappa shape index (κ1) is 12.4. The average molecular weight is 270 g/mol.